The highest BCUT2D eigenvalue weighted by Crippen LogP contribution is 2.42. The van der Waals surface area contributed by atoms with Gasteiger partial charge in [0.25, 0.3) is 5.56 Å². The van der Waals surface area contributed by atoms with Crippen molar-refractivity contribution in [1.82, 2.24) is 4.57 Å². The van der Waals surface area contributed by atoms with Crippen LogP contribution in [0.3, 0.4) is 0 Å². The van der Waals surface area contributed by atoms with Gasteiger partial charge in [0.15, 0.2) is 16.3 Å². The van der Waals surface area contributed by atoms with Gasteiger partial charge in [0.1, 0.15) is 0 Å². The van der Waals surface area contributed by atoms with E-state index in [4.69, 9.17) is 18.9 Å². The molecule has 0 amide bonds. The van der Waals surface area contributed by atoms with E-state index in [1.165, 1.54) is 48.6 Å². The third-order valence-corrected chi connectivity index (χ3v) is 7.94. The lowest BCUT2D eigenvalue weighted by Gasteiger charge is -2.26. The summed E-state index contributed by atoms with van der Waals surface area (Å²) in [6, 6.07) is 6.53. The maximum atomic E-state index is 13.7. The summed E-state index contributed by atoms with van der Waals surface area (Å²) in [6.07, 6.45) is 1.83. The molecule has 0 fully saturated rings. The molecule has 1 aliphatic rings. The van der Waals surface area contributed by atoms with Gasteiger partial charge in [-0.3, -0.25) is 9.36 Å². The molecule has 1 atom stereocenters. The van der Waals surface area contributed by atoms with Crippen LogP contribution in [0.5, 0.6) is 17.2 Å². The van der Waals surface area contributed by atoms with E-state index < -0.39 is 12.0 Å². The van der Waals surface area contributed by atoms with Gasteiger partial charge in [-0.05, 0) is 65.7 Å². The number of hydrogen-bond donors (Lipinski definition) is 0. The fourth-order valence-electron chi connectivity index (χ4n) is 3.90. The summed E-state index contributed by atoms with van der Waals surface area (Å²) in [5.41, 5.74) is 1.10. The van der Waals surface area contributed by atoms with Gasteiger partial charge in [0.05, 0.1) is 53.6 Å². The highest BCUT2D eigenvalue weighted by atomic mass is 79.9. The minimum Gasteiger partial charge on any atom is -0.493 e. The summed E-state index contributed by atoms with van der Waals surface area (Å²) < 4.78 is 24.9. The Balaban J connectivity index is 2.02. The summed E-state index contributed by atoms with van der Waals surface area (Å²) >= 11 is 6.24. The lowest BCUT2D eigenvalue weighted by atomic mass is 9.95. The molecule has 11 heteroatoms. The van der Waals surface area contributed by atoms with E-state index in [9.17, 15) is 9.59 Å². The molecule has 3 heterocycles. The van der Waals surface area contributed by atoms with E-state index >= 15 is 0 Å². The molecule has 35 heavy (non-hydrogen) atoms. The van der Waals surface area contributed by atoms with Gasteiger partial charge in [-0.1, -0.05) is 11.3 Å². The van der Waals surface area contributed by atoms with Crippen molar-refractivity contribution < 1.29 is 23.7 Å². The molecule has 0 saturated carbocycles. The SMILES string of the molecule is CCOC(=O)C1=C(C)N=c2sc(=Cc3ccc(Br)s3)c(=O)n2C1c1cc(OC)c(OC)c(OC)c1. The minimum atomic E-state index is -0.795. The van der Waals surface area contributed by atoms with Crippen molar-refractivity contribution in [3.05, 3.63) is 69.5 Å². The Morgan fingerprint density at radius 2 is 1.83 bits per heavy atom. The van der Waals surface area contributed by atoms with E-state index in [0.717, 1.165) is 8.66 Å². The molecule has 1 aromatic carbocycles. The average molecular weight is 579 g/mol. The Morgan fingerprint density at radius 3 is 2.37 bits per heavy atom. The molecule has 8 nitrogen and oxygen atoms in total. The van der Waals surface area contributed by atoms with Crippen LogP contribution < -0.4 is 29.1 Å². The van der Waals surface area contributed by atoms with Gasteiger partial charge in [0, 0.05) is 4.88 Å². The summed E-state index contributed by atoms with van der Waals surface area (Å²) in [5.74, 6) is 0.687. The molecular weight excluding hydrogens is 556 g/mol. The zero-order valence-electron chi connectivity index (χ0n) is 19.7. The van der Waals surface area contributed by atoms with Crippen LogP contribution in [-0.4, -0.2) is 38.5 Å². The monoisotopic (exact) mass is 578 g/mol. The van der Waals surface area contributed by atoms with Gasteiger partial charge >= 0.3 is 5.97 Å². The summed E-state index contributed by atoms with van der Waals surface area (Å²) in [6.45, 7) is 3.66. The summed E-state index contributed by atoms with van der Waals surface area (Å²) in [4.78, 5) is 32.8. The van der Waals surface area contributed by atoms with Gasteiger partial charge in [-0.25, -0.2) is 9.79 Å². The Labute approximate surface area is 217 Å². The van der Waals surface area contributed by atoms with Crippen molar-refractivity contribution in [3.63, 3.8) is 0 Å². The molecule has 184 valence electrons. The van der Waals surface area contributed by atoms with Crippen LogP contribution in [0.25, 0.3) is 6.08 Å². The number of carbonyl (C=O) groups excluding carboxylic acids is 1. The molecule has 0 saturated heterocycles. The molecule has 0 spiro atoms. The average Bonchev–Trinajstić information content (AvgIpc) is 3.39. The third-order valence-electron chi connectivity index (χ3n) is 5.39. The van der Waals surface area contributed by atoms with Gasteiger partial charge < -0.3 is 18.9 Å². The second-order valence-electron chi connectivity index (χ2n) is 7.40. The normalized spacial score (nSPS) is 15.5. The van der Waals surface area contributed by atoms with Crippen LogP contribution in [0.1, 0.15) is 30.3 Å². The topological polar surface area (TPSA) is 88.4 Å². The number of nitrogens with zero attached hydrogens (tertiary/aromatic N) is 2. The van der Waals surface area contributed by atoms with Crippen LogP contribution >= 0.6 is 38.6 Å². The second-order valence-corrected chi connectivity index (χ2v) is 10.9. The molecule has 3 aromatic rings. The first-order valence-electron chi connectivity index (χ1n) is 10.6. The number of benzene rings is 1. The highest BCUT2D eigenvalue weighted by Gasteiger charge is 2.34. The van der Waals surface area contributed by atoms with Crippen molar-refractivity contribution in [2.24, 2.45) is 4.99 Å². The number of halogens is 1. The largest absolute Gasteiger partial charge is 0.493 e. The van der Waals surface area contributed by atoms with E-state index in [2.05, 4.69) is 20.9 Å². The fourth-order valence-corrected chi connectivity index (χ4v) is 6.38. The minimum absolute atomic E-state index is 0.190. The maximum Gasteiger partial charge on any atom is 0.338 e. The van der Waals surface area contributed by atoms with Crippen LogP contribution in [0.4, 0.5) is 0 Å². The number of carbonyl (C=O) groups is 1. The lowest BCUT2D eigenvalue weighted by Crippen LogP contribution is -2.40. The fraction of sp³-hybridized carbons (Fsp3) is 0.292. The van der Waals surface area contributed by atoms with Crippen LogP contribution in [0, 0.1) is 0 Å². The van der Waals surface area contributed by atoms with Gasteiger partial charge in [-0.15, -0.1) is 11.3 Å². The number of thiazole rings is 1. The smallest absolute Gasteiger partial charge is 0.338 e. The molecule has 1 aliphatic heterocycles. The molecule has 0 aliphatic carbocycles. The van der Waals surface area contributed by atoms with Crippen LogP contribution in [0.2, 0.25) is 0 Å². The number of allylic oxidation sites excluding steroid dienone is 1. The molecule has 2 aromatic heterocycles. The predicted octanol–water partition coefficient (Wildman–Crippen LogP) is 3.65. The molecule has 0 radical (unpaired) electrons. The predicted molar refractivity (Wildman–Crippen MR) is 139 cm³/mol. The molecule has 4 rings (SSSR count). The van der Waals surface area contributed by atoms with Crippen molar-refractivity contribution in [3.8, 4) is 17.2 Å². The van der Waals surface area contributed by atoms with Crippen molar-refractivity contribution in [2.75, 3.05) is 27.9 Å². The van der Waals surface area contributed by atoms with Crippen molar-refractivity contribution in [1.29, 1.82) is 0 Å². The Bertz CT molecular complexity index is 1480. The number of aromatic nitrogens is 1. The number of thiophene rings is 1. The van der Waals surface area contributed by atoms with E-state index in [1.54, 1.807) is 26.0 Å². The van der Waals surface area contributed by atoms with Gasteiger partial charge in [-0.2, -0.15) is 0 Å². The highest BCUT2D eigenvalue weighted by molar-refractivity contribution is 9.11. The number of methoxy groups -OCH3 is 3. The molecular formula is C24H23BrN2O6S2. The van der Waals surface area contributed by atoms with Crippen LogP contribution in [-0.2, 0) is 9.53 Å². The number of esters is 1. The first-order chi connectivity index (χ1) is 16.8. The summed E-state index contributed by atoms with van der Waals surface area (Å²) in [7, 11) is 4.54. The van der Waals surface area contributed by atoms with Crippen molar-refractivity contribution in [2.45, 2.75) is 19.9 Å². The zero-order chi connectivity index (χ0) is 25.3. The Hall–Kier alpha value is -2.89. The zero-order valence-corrected chi connectivity index (χ0v) is 22.9. The Kier molecular flexibility index (Phi) is 7.48. The maximum absolute atomic E-state index is 13.7. The van der Waals surface area contributed by atoms with Gasteiger partial charge in [0.2, 0.25) is 5.75 Å². The van der Waals surface area contributed by atoms with Crippen molar-refractivity contribution >= 4 is 50.6 Å². The summed E-state index contributed by atoms with van der Waals surface area (Å²) in [5, 5.41) is 0. The lowest BCUT2D eigenvalue weighted by molar-refractivity contribution is -0.139. The van der Waals surface area contributed by atoms with E-state index in [1.807, 2.05) is 18.2 Å². The number of ether oxygens (including phenoxy) is 4. The second kappa shape index (κ2) is 10.4. The number of hydrogen-bond acceptors (Lipinski definition) is 9. The first-order valence-corrected chi connectivity index (χ1v) is 13.0. The number of fused-ring (bicyclic) bond motifs is 1. The molecule has 0 bridgehead atoms. The third kappa shape index (κ3) is 4.67. The Morgan fingerprint density at radius 1 is 1.14 bits per heavy atom. The molecule has 1 unspecified atom stereocenters. The standard InChI is InChI=1S/C24H23BrN2O6S2/c1-6-33-23(29)19-12(2)26-24-27(22(28)17(35-24)11-14-7-8-18(25)34-14)20(19)13-9-15(30-3)21(32-5)16(10-13)31-4/h7-11,20H,6H2,1-5H3. The molecule has 0 N–H and O–H groups in total. The van der Waals surface area contributed by atoms with E-state index in [0.29, 0.717) is 37.8 Å². The van der Waals surface area contributed by atoms with Crippen LogP contribution in [0.15, 0.2) is 49.1 Å². The quantitative estimate of drug-likeness (QED) is 0.398. The first kappa shape index (κ1) is 25.2. The number of rotatable bonds is 7. The van der Waals surface area contributed by atoms with E-state index in [-0.39, 0.29) is 17.7 Å².